The van der Waals surface area contributed by atoms with Crippen molar-refractivity contribution in [3.8, 4) is 0 Å². The van der Waals surface area contributed by atoms with E-state index in [-0.39, 0.29) is 11.7 Å². The van der Waals surface area contributed by atoms with Gasteiger partial charge in [0.15, 0.2) is 0 Å². The number of halogens is 1. The molecule has 1 nitrogen and oxygen atoms in total. The number of hydrogen-bond donors (Lipinski definition) is 0. The van der Waals surface area contributed by atoms with Gasteiger partial charge in [-0.2, -0.15) is 0 Å². The fourth-order valence-electron chi connectivity index (χ4n) is 4.54. The summed E-state index contributed by atoms with van der Waals surface area (Å²) >= 11 is 3.35. The van der Waals surface area contributed by atoms with E-state index in [1.165, 1.54) is 55.4 Å². The Morgan fingerprint density at radius 1 is 0.903 bits per heavy atom. The number of benzene rings is 1. The van der Waals surface area contributed by atoms with Gasteiger partial charge in [0, 0.05) is 0 Å². The van der Waals surface area contributed by atoms with Gasteiger partial charge in [-0.25, -0.2) is 0 Å². The van der Waals surface area contributed by atoms with Crippen molar-refractivity contribution in [3.63, 3.8) is 0 Å². The predicted octanol–water partition coefficient (Wildman–Crippen LogP) is 9.67. The topological polar surface area (TPSA) is 17.1 Å². The molecule has 0 saturated heterocycles. The van der Waals surface area contributed by atoms with Gasteiger partial charge in [0.2, 0.25) is 0 Å². The van der Waals surface area contributed by atoms with Gasteiger partial charge in [0.25, 0.3) is 0 Å². The van der Waals surface area contributed by atoms with Gasteiger partial charge in [-0.05, 0) is 0 Å². The van der Waals surface area contributed by atoms with E-state index in [0.717, 1.165) is 29.8 Å². The third kappa shape index (κ3) is 9.86. The first-order chi connectivity index (χ1) is 14.9. The molecule has 0 fully saturated rings. The van der Waals surface area contributed by atoms with Crippen LogP contribution in [0.5, 0.6) is 0 Å². The summed E-state index contributed by atoms with van der Waals surface area (Å²) in [6, 6.07) is 7.69. The molecule has 1 rings (SSSR count). The van der Waals surface area contributed by atoms with Crippen molar-refractivity contribution in [2.24, 2.45) is 5.92 Å². The van der Waals surface area contributed by atoms with Crippen LogP contribution in [0.2, 0.25) is 18.3 Å². The number of allylic oxidation sites excluding steroid dienone is 2. The summed E-state index contributed by atoms with van der Waals surface area (Å²) in [6.07, 6.45) is 14.6. The Morgan fingerprint density at radius 2 is 1.39 bits per heavy atom. The predicted molar refractivity (Wildman–Crippen MR) is 143 cm³/mol. The first-order valence-electron chi connectivity index (χ1n) is 12.6. The van der Waals surface area contributed by atoms with Crippen LogP contribution in [0.25, 0.3) is 6.08 Å². The summed E-state index contributed by atoms with van der Waals surface area (Å²) in [5.74, 6) is 0.281. The SMILES string of the molecule is C=[C](C(CCCC)C(=O)C=Cc1ccc(Cl)cc1)[Sn]([CH2]CCC)([CH2]CCC)[CH2]CCC. The number of rotatable bonds is 17. The number of unbranched alkanes of at least 4 members (excludes halogenated alkanes) is 4. The van der Waals surface area contributed by atoms with E-state index in [0.29, 0.717) is 0 Å². The van der Waals surface area contributed by atoms with E-state index < -0.39 is 18.4 Å². The van der Waals surface area contributed by atoms with Crippen molar-refractivity contribution in [3.05, 3.63) is 51.1 Å². The fraction of sp³-hybridized carbons (Fsp3) is 0.607. The Labute approximate surface area is 201 Å². The van der Waals surface area contributed by atoms with Crippen LogP contribution in [0.15, 0.2) is 40.5 Å². The molecule has 31 heavy (non-hydrogen) atoms. The van der Waals surface area contributed by atoms with Crippen LogP contribution in [-0.2, 0) is 4.79 Å². The Hall–Kier alpha value is -0.541. The first kappa shape index (κ1) is 28.5. The van der Waals surface area contributed by atoms with Crippen molar-refractivity contribution in [2.75, 3.05) is 0 Å². The molecule has 0 saturated carbocycles. The van der Waals surface area contributed by atoms with E-state index >= 15 is 0 Å². The maximum atomic E-state index is 13.5. The second-order valence-corrected chi connectivity index (χ2v) is 23.0. The maximum absolute atomic E-state index is 13.5. The van der Waals surface area contributed by atoms with E-state index in [1.54, 1.807) is 0 Å². The number of hydrogen-bond acceptors (Lipinski definition) is 1. The molecule has 0 aliphatic rings. The Morgan fingerprint density at radius 3 is 1.84 bits per heavy atom. The van der Waals surface area contributed by atoms with Crippen molar-refractivity contribution in [1.82, 2.24) is 0 Å². The first-order valence-corrected chi connectivity index (χ1v) is 20.5. The molecule has 1 aromatic carbocycles. The van der Waals surface area contributed by atoms with Crippen molar-refractivity contribution in [2.45, 2.75) is 98.8 Å². The normalized spacial score (nSPS) is 12.9. The zero-order chi connectivity index (χ0) is 23.1. The van der Waals surface area contributed by atoms with Gasteiger partial charge in [0.1, 0.15) is 0 Å². The van der Waals surface area contributed by atoms with Crippen LogP contribution >= 0.6 is 11.6 Å². The molecule has 0 bridgehead atoms. The summed E-state index contributed by atoms with van der Waals surface area (Å²) in [5.41, 5.74) is 1.02. The molecule has 1 atom stereocenters. The molecule has 0 heterocycles. The molecule has 0 aliphatic carbocycles. The van der Waals surface area contributed by atoms with Crippen LogP contribution in [0, 0.1) is 5.92 Å². The zero-order valence-corrected chi connectivity index (χ0v) is 24.1. The molecular formula is C28H45ClOSn. The molecule has 0 spiro atoms. The molecule has 174 valence electrons. The molecule has 0 radical (unpaired) electrons. The summed E-state index contributed by atoms with van der Waals surface area (Å²) in [4.78, 5) is 13.5. The van der Waals surface area contributed by atoms with Crippen molar-refractivity contribution < 1.29 is 4.79 Å². The van der Waals surface area contributed by atoms with Crippen LogP contribution in [-0.4, -0.2) is 24.2 Å². The van der Waals surface area contributed by atoms with Gasteiger partial charge < -0.3 is 0 Å². The van der Waals surface area contributed by atoms with E-state index in [1.807, 2.05) is 36.4 Å². The van der Waals surface area contributed by atoms with Crippen LogP contribution in [0.4, 0.5) is 0 Å². The average molecular weight is 552 g/mol. The Bertz CT molecular complexity index is 655. The molecule has 0 N–H and O–H groups in total. The number of ketones is 1. The minimum atomic E-state index is -2.65. The van der Waals surface area contributed by atoms with E-state index in [4.69, 9.17) is 18.2 Å². The summed E-state index contributed by atoms with van der Waals surface area (Å²) in [5, 5.41) is 0.722. The van der Waals surface area contributed by atoms with Crippen molar-refractivity contribution in [1.29, 1.82) is 0 Å². The molecule has 1 unspecified atom stereocenters. The van der Waals surface area contributed by atoms with Crippen molar-refractivity contribution >= 4 is 41.8 Å². The Kier molecular flexibility index (Phi) is 14.8. The van der Waals surface area contributed by atoms with Crippen LogP contribution in [0.1, 0.15) is 91.0 Å². The molecule has 0 amide bonds. The van der Waals surface area contributed by atoms with Gasteiger partial charge in [0.05, 0.1) is 0 Å². The molecular weight excluding hydrogens is 506 g/mol. The molecule has 3 heteroatoms. The molecule has 0 aliphatic heterocycles. The van der Waals surface area contributed by atoms with E-state index in [9.17, 15) is 4.79 Å². The quantitative estimate of drug-likeness (QED) is 0.139. The molecule has 0 aromatic heterocycles. The van der Waals surface area contributed by atoms with Crippen LogP contribution in [0.3, 0.4) is 0 Å². The standard InChI is InChI=1S/C16H18ClO.3C4H9.Sn/c1-3-5-6-14(4-2)16(18)12-9-13-7-10-15(17)11-8-13;3*1-3-4-2;/h7-12,14H,2-3,5-6H2,1H3;3*1,3-4H2,2H3;. The fourth-order valence-corrected chi connectivity index (χ4v) is 21.3. The van der Waals surface area contributed by atoms with Gasteiger partial charge >= 0.3 is 202 Å². The van der Waals surface area contributed by atoms with Gasteiger partial charge in [-0.1, -0.05) is 0 Å². The summed E-state index contributed by atoms with van der Waals surface area (Å²) in [7, 11) is 0. The zero-order valence-electron chi connectivity index (χ0n) is 20.5. The second kappa shape index (κ2) is 16.1. The Balaban J connectivity index is 3.19. The molecule has 1 aromatic rings. The number of carbonyl (C=O) groups is 1. The van der Waals surface area contributed by atoms with E-state index in [2.05, 4.69) is 27.7 Å². The van der Waals surface area contributed by atoms with Gasteiger partial charge in [-0.3, -0.25) is 0 Å². The van der Waals surface area contributed by atoms with Gasteiger partial charge in [-0.15, -0.1) is 0 Å². The van der Waals surface area contributed by atoms with Crippen LogP contribution < -0.4 is 0 Å². The minimum absolute atomic E-state index is 0.0184. The summed E-state index contributed by atoms with van der Waals surface area (Å²) in [6.45, 7) is 13.9. The number of carbonyl (C=O) groups excluding carboxylic acids is 1. The third-order valence-corrected chi connectivity index (χ3v) is 23.0. The average Bonchev–Trinajstić information content (AvgIpc) is 2.78. The summed E-state index contributed by atoms with van der Waals surface area (Å²) < 4.78 is 5.55. The third-order valence-electron chi connectivity index (χ3n) is 6.63. The monoisotopic (exact) mass is 552 g/mol. The second-order valence-electron chi connectivity index (χ2n) is 9.10.